The van der Waals surface area contributed by atoms with E-state index in [1.807, 2.05) is 0 Å². The Labute approximate surface area is 77.0 Å². The summed E-state index contributed by atoms with van der Waals surface area (Å²) in [5, 5.41) is 21.8. The number of phenolic OH excluding ortho intramolecular Hbond substituents is 2. The van der Waals surface area contributed by atoms with Crippen LogP contribution in [0.4, 0.5) is 0 Å². The van der Waals surface area contributed by atoms with Crippen LogP contribution in [-0.4, -0.2) is 16.3 Å². The predicted molar refractivity (Wildman–Crippen MR) is 49.6 cm³/mol. The predicted octanol–water partition coefficient (Wildman–Crippen LogP) is 1.35. The lowest BCUT2D eigenvalue weighted by Gasteiger charge is -2.05. The minimum absolute atomic E-state index is 0.104. The van der Waals surface area contributed by atoms with Crippen molar-refractivity contribution in [3.63, 3.8) is 0 Å². The largest absolute Gasteiger partial charge is 0.508 e. The Hall–Kier alpha value is -1.22. The second-order valence-corrected chi connectivity index (χ2v) is 3.47. The zero-order valence-electron chi connectivity index (χ0n) is 7.33. The normalized spacial score (nSPS) is 16.0. The van der Waals surface area contributed by atoms with E-state index in [0.717, 1.165) is 5.56 Å². The van der Waals surface area contributed by atoms with Crippen LogP contribution in [0.5, 0.6) is 11.5 Å². The fourth-order valence-corrected chi connectivity index (χ4v) is 1.24. The summed E-state index contributed by atoms with van der Waals surface area (Å²) in [6.07, 6.45) is 2.47. The van der Waals surface area contributed by atoms with Crippen LogP contribution >= 0.6 is 0 Å². The van der Waals surface area contributed by atoms with Crippen LogP contribution in [0.15, 0.2) is 18.2 Å². The van der Waals surface area contributed by atoms with E-state index in [1.54, 1.807) is 12.1 Å². The van der Waals surface area contributed by atoms with Crippen molar-refractivity contribution in [1.82, 2.24) is 5.32 Å². The third-order valence-corrected chi connectivity index (χ3v) is 2.23. The van der Waals surface area contributed by atoms with Gasteiger partial charge in [0.15, 0.2) is 0 Å². The first-order chi connectivity index (χ1) is 6.25. The molecular weight excluding hydrogens is 166 g/mol. The Morgan fingerprint density at radius 3 is 2.69 bits per heavy atom. The summed E-state index contributed by atoms with van der Waals surface area (Å²) in [4.78, 5) is 0. The van der Waals surface area contributed by atoms with Gasteiger partial charge in [-0.25, -0.2) is 0 Å². The van der Waals surface area contributed by atoms with Crippen molar-refractivity contribution in [1.29, 1.82) is 0 Å². The Morgan fingerprint density at radius 1 is 1.31 bits per heavy atom. The van der Waals surface area contributed by atoms with Crippen LogP contribution in [0.25, 0.3) is 0 Å². The van der Waals surface area contributed by atoms with E-state index in [9.17, 15) is 5.11 Å². The van der Waals surface area contributed by atoms with Gasteiger partial charge in [-0.3, -0.25) is 0 Å². The topological polar surface area (TPSA) is 52.5 Å². The molecule has 0 heterocycles. The van der Waals surface area contributed by atoms with Crippen LogP contribution in [0.1, 0.15) is 18.4 Å². The Bertz CT molecular complexity index is 308. The Kier molecular flexibility index (Phi) is 2.10. The molecule has 13 heavy (non-hydrogen) atoms. The molecule has 0 atom stereocenters. The number of hydrogen-bond acceptors (Lipinski definition) is 3. The Balaban J connectivity index is 2.01. The summed E-state index contributed by atoms with van der Waals surface area (Å²) >= 11 is 0. The van der Waals surface area contributed by atoms with Crippen molar-refractivity contribution < 1.29 is 10.2 Å². The molecule has 1 fully saturated rings. The van der Waals surface area contributed by atoms with E-state index in [0.29, 0.717) is 12.6 Å². The molecule has 0 amide bonds. The van der Waals surface area contributed by atoms with Crippen LogP contribution in [0.2, 0.25) is 0 Å². The fourth-order valence-electron chi connectivity index (χ4n) is 1.24. The van der Waals surface area contributed by atoms with Crippen LogP contribution in [0.3, 0.4) is 0 Å². The standard InChI is InChI=1S/C10H13NO2/c12-9-4-1-7(10(13)5-9)6-11-8-2-3-8/h1,4-5,8,11-13H,2-3,6H2. The molecule has 70 valence electrons. The maximum atomic E-state index is 9.42. The molecule has 0 unspecified atom stereocenters. The van der Waals surface area contributed by atoms with Crippen LogP contribution < -0.4 is 5.32 Å². The number of aromatic hydroxyl groups is 2. The van der Waals surface area contributed by atoms with Gasteiger partial charge in [-0.1, -0.05) is 6.07 Å². The van der Waals surface area contributed by atoms with Gasteiger partial charge >= 0.3 is 0 Å². The highest BCUT2D eigenvalue weighted by molar-refractivity contribution is 5.38. The molecule has 3 N–H and O–H groups in total. The van der Waals surface area contributed by atoms with Gasteiger partial charge < -0.3 is 15.5 Å². The summed E-state index contributed by atoms with van der Waals surface area (Å²) in [6, 6.07) is 5.32. The third kappa shape index (κ3) is 2.12. The lowest BCUT2D eigenvalue weighted by atomic mass is 10.2. The van der Waals surface area contributed by atoms with Gasteiger partial charge in [-0.15, -0.1) is 0 Å². The number of hydrogen-bond donors (Lipinski definition) is 3. The zero-order chi connectivity index (χ0) is 9.26. The first-order valence-electron chi connectivity index (χ1n) is 4.50. The lowest BCUT2D eigenvalue weighted by Crippen LogP contribution is -2.15. The Morgan fingerprint density at radius 2 is 2.08 bits per heavy atom. The molecule has 1 aliphatic carbocycles. The van der Waals surface area contributed by atoms with Crippen molar-refractivity contribution >= 4 is 0 Å². The SMILES string of the molecule is Oc1ccc(CNC2CC2)c(O)c1. The van der Waals surface area contributed by atoms with E-state index >= 15 is 0 Å². The summed E-state index contributed by atoms with van der Waals surface area (Å²) < 4.78 is 0. The average molecular weight is 179 g/mol. The molecule has 2 rings (SSSR count). The number of benzene rings is 1. The first-order valence-corrected chi connectivity index (χ1v) is 4.50. The summed E-state index contributed by atoms with van der Waals surface area (Å²) in [5.74, 6) is 0.265. The van der Waals surface area contributed by atoms with E-state index in [2.05, 4.69) is 5.32 Å². The molecule has 0 radical (unpaired) electrons. The molecule has 0 saturated heterocycles. The van der Waals surface area contributed by atoms with Crippen LogP contribution in [0, 0.1) is 0 Å². The fraction of sp³-hybridized carbons (Fsp3) is 0.400. The maximum absolute atomic E-state index is 9.42. The summed E-state index contributed by atoms with van der Waals surface area (Å²) in [7, 11) is 0. The van der Waals surface area contributed by atoms with Crippen molar-refractivity contribution in [3.05, 3.63) is 23.8 Å². The molecule has 1 saturated carbocycles. The highest BCUT2D eigenvalue weighted by Crippen LogP contribution is 2.24. The van der Waals surface area contributed by atoms with E-state index in [4.69, 9.17) is 5.11 Å². The first kappa shape index (κ1) is 8.38. The van der Waals surface area contributed by atoms with Gasteiger partial charge in [-0.05, 0) is 18.9 Å². The van der Waals surface area contributed by atoms with Crippen LogP contribution in [-0.2, 0) is 6.54 Å². The second kappa shape index (κ2) is 3.26. The molecule has 3 heteroatoms. The van der Waals surface area contributed by atoms with Crippen molar-refractivity contribution in [2.75, 3.05) is 0 Å². The van der Waals surface area contributed by atoms with Gasteiger partial charge in [0.1, 0.15) is 11.5 Å². The molecule has 1 aromatic rings. The number of phenols is 2. The molecule has 0 aliphatic heterocycles. The van der Waals surface area contributed by atoms with E-state index in [-0.39, 0.29) is 11.5 Å². The molecule has 0 bridgehead atoms. The quantitative estimate of drug-likeness (QED) is 0.656. The molecule has 0 spiro atoms. The maximum Gasteiger partial charge on any atom is 0.123 e. The monoisotopic (exact) mass is 179 g/mol. The average Bonchev–Trinajstić information content (AvgIpc) is 2.86. The molecule has 1 aliphatic rings. The molecule has 0 aromatic heterocycles. The second-order valence-electron chi connectivity index (χ2n) is 3.47. The highest BCUT2D eigenvalue weighted by atomic mass is 16.3. The molecule has 3 nitrogen and oxygen atoms in total. The van der Waals surface area contributed by atoms with Crippen molar-refractivity contribution in [3.8, 4) is 11.5 Å². The number of nitrogens with one attached hydrogen (secondary N) is 1. The summed E-state index contributed by atoms with van der Waals surface area (Å²) in [5.41, 5.74) is 0.838. The summed E-state index contributed by atoms with van der Waals surface area (Å²) in [6.45, 7) is 0.677. The lowest BCUT2D eigenvalue weighted by molar-refractivity contribution is 0.443. The smallest absolute Gasteiger partial charge is 0.123 e. The van der Waals surface area contributed by atoms with Gasteiger partial charge in [-0.2, -0.15) is 0 Å². The van der Waals surface area contributed by atoms with Gasteiger partial charge in [0, 0.05) is 24.2 Å². The van der Waals surface area contributed by atoms with Crippen molar-refractivity contribution in [2.45, 2.75) is 25.4 Å². The highest BCUT2D eigenvalue weighted by Gasteiger charge is 2.20. The van der Waals surface area contributed by atoms with Crippen molar-refractivity contribution in [2.24, 2.45) is 0 Å². The minimum atomic E-state index is 0.104. The molecular formula is C10H13NO2. The number of rotatable bonds is 3. The van der Waals surface area contributed by atoms with E-state index in [1.165, 1.54) is 18.9 Å². The van der Waals surface area contributed by atoms with Gasteiger partial charge in [0.2, 0.25) is 0 Å². The zero-order valence-corrected chi connectivity index (χ0v) is 7.33. The van der Waals surface area contributed by atoms with Gasteiger partial charge in [0.25, 0.3) is 0 Å². The third-order valence-electron chi connectivity index (χ3n) is 2.23. The van der Waals surface area contributed by atoms with E-state index < -0.39 is 0 Å². The molecule has 1 aromatic carbocycles. The minimum Gasteiger partial charge on any atom is -0.508 e. The van der Waals surface area contributed by atoms with Gasteiger partial charge in [0.05, 0.1) is 0 Å².